The Kier molecular flexibility index (Phi) is 2.61. The molecule has 0 saturated carbocycles. The molecule has 1 atom stereocenters. The van der Waals surface area contributed by atoms with Crippen LogP contribution in [0.5, 0.6) is 0 Å². The Labute approximate surface area is 104 Å². The maximum absolute atomic E-state index is 9.57. The number of rotatable bonds is 1. The third-order valence-electron chi connectivity index (χ3n) is 2.92. The molecule has 88 valence electrons. The van der Waals surface area contributed by atoms with E-state index in [0.29, 0.717) is 17.4 Å². The first kappa shape index (κ1) is 10.7. The minimum Gasteiger partial charge on any atom is -0.391 e. The molecule has 1 unspecified atom stereocenters. The third kappa shape index (κ3) is 2.06. The van der Waals surface area contributed by atoms with Crippen LogP contribution in [-0.2, 0) is 13.0 Å². The number of benzene rings is 1. The van der Waals surface area contributed by atoms with Crippen molar-refractivity contribution in [3.8, 4) is 11.4 Å². The highest BCUT2D eigenvalue weighted by Crippen LogP contribution is 2.22. The fraction of sp³-hybridized carbons (Fsp3) is 0.333. The highest BCUT2D eigenvalue weighted by molar-refractivity contribution is 6.30. The number of aliphatic hydroxyl groups excluding tert-OH is 1. The Morgan fingerprint density at radius 1 is 1.41 bits per heavy atom. The van der Waals surface area contributed by atoms with E-state index in [9.17, 15) is 5.11 Å². The molecule has 1 N–H and O–H groups in total. The van der Waals surface area contributed by atoms with Gasteiger partial charge in [-0.1, -0.05) is 23.7 Å². The Bertz CT molecular complexity index is 552. The van der Waals surface area contributed by atoms with Crippen molar-refractivity contribution < 1.29 is 5.11 Å². The fourth-order valence-corrected chi connectivity index (χ4v) is 2.23. The lowest BCUT2D eigenvalue weighted by Crippen LogP contribution is -2.25. The lowest BCUT2D eigenvalue weighted by Gasteiger charge is -2.16. The van der Waals surface area contributed by atoms with Gasteiger partial charge < -0.3 is 5.11 Å². The van der Waals surface area contributed by atoms with Crippen LogP contribution in [0.4, 0.5) is 0 Å². The van der Waals surface area contributed by atoms with Gasteiger partial charge in [0.2, 0.25) is 0 Å². The number of aromatic nitrogens is 3. The maximum Gasteiger partial charge on any atom is 0.181 e. The minimum absolute atomic E-state index is 0.309. The summed E-state index contributed by atoms with van der Waals surface area (Å²) in [7, 11) is 0. The molecule has 2 heterocycles. The molecule has 3 rings (SSSR count). The molecule has 1 aromatic heterocycles. The van der Waals surface area contributed by atoms with Crippen molar-refractivity contribution >= 4 is 11.6 Å². The second-order valence-corrected chi connectivity index (χ2v) is 4.67. The molecule has 0 saturated heterocycles. The van der Waals surface area contributed by atoms with Crippen molar-refractivity contribution in [2.75, 3.05) is 0 Å². The topological polar surface area (TPSA) is 50.9 Å². The zero-order chi connectivity index (χ0) is 11.8. The van der Waals surface area contributed by atoms with E-state index in [1.807, 2.05) is 24.3 Å². The zero-order valence-electron chi connectivity index (χ0n) is 9.17. The van der Waals surface area contributed by atoms with Crippen molar-refractivity contribution in [2.45, 2.75) is 25.5 Å². The molecule has 1 aliphatic heterocycles. The second kappa shape index (κ2) is 4.13. The summed E-state index contributed by atoms with van der Waals surface area (Å²) >= 11 is 5.94. The average Bonchev–Trinajstić information content (AvgIpc) is 2.72. The SMILES string of the molecule is OC1CCc2nc(-c3cccc(Cl)c3)nn2C1. The lowest BCUT2D eigenvalue weighted by atomic mass is 10.1. The summed E-state index contributed by atoms with van der Waals surface area (Å²) in [5.74, 6) is 1.61. The van der Waals surface area contributed by atoms with Crippen LogP contribution in [0.15, 0.2) is 24.3 Å². The number of nitrogens with zero attached hydrogens (tertiary/aromatic N) is 3. The molecule has 0 radical (unpaired) electrons. The molecule has 0 aliphatic carbocycles. The van der Waals surface area contributed by atoms with E-state index in [1.165, 1.54) is 0 Å². The van der Waals surface area contributed by atoms with Gasteiger partial charge >= 0.3 is 0 Å². The summed E-state index contributed by atoms with van der Waals surface area (Å²) in [6.45, 7) is 0.531. The van der Waals surface area contributed by atoms with Gasteiger partial charge in [-0.3, -0.25) is 0 Å². The van der Waals surface area contributed by atoms with Crippen molar-refractivity contribution in [1.82, 2.24) is 14.8 Å². The van der Waals surface area contributed by atoms with Gasteiger partial charge in [-0.25, -0.2) is 9.67 Å². The van der Waals surface area contributed by atoms with Gasteiger partial charge in [0.25, 0.3) is 0 Å². The van der Waals surface area contributed by atoms with Gasteiger partial charge in [0.05, 0.1) is 12.6 Å². The molecule has 0 spiro atoms. The van der Waals surface area contributed by atoms with Crippen molar-refractivity contribution in [1.29, 1.82) is 0 Å². The van der Waals surface area contributed by atoms with Crippen LogP contribution >= 0.6 is 11.6 Å². The maximum atomic E-state index is 9.57. The average molecular weight is 250 g/mol. The number of fused-ring (bicyclic) bond motifs is 1. The van der Waals surface area contributed by atoms with Gasteiger partial charge in [-0.2, -0.15) is 5.10 Å². The van der Waals surface area contributed by atoms with E-state index in [1.54, 1.807) is 4.68 Å². The lowest BCUT2D eigenvalue weighted by molar-refractivity contribution is 0.124. The highest BCUT2D eigenvalue weighted by Gasteiger charge is 2.20. The van der Waals surface area contributed by atoms with Crippen LogP contribution in [0.25, 0.3) is 11.4 Å². The van der Waals surface area contributed by atoms with Gasteiger partial charge in [-0.05, 0) is 18.6 Å². The summed E-state index contributed by atoms with van der Waals surface area (Å²) < 4.78 is 1.78. The predicted molar refractivity (Wildman–Crippen MR) is 64.8 cm³/mol. The molecular formula is C12H12ClN3O. The van der Waals surface area contributed by atoms with Crippen molar-refractivity contribution in [2.24, 2.45) is 0 Å². The van der Waals surface area contributed by atoms with Gasteiger partial charge in [0, 0.05) is 17.0 Å². The number of hydrogen-bond acceptors (Lipinski definition) is 3. The van der Waals surface area contributed by atoms with Gasteiger partial charge in [0.1, 0.15) is 5.82 Å². The van der Waals surface area contributed by atoms with E-state index in [4.69, 9.17) is 11.6 Å². The van der Waals surface area contributed by atoms with Crippen LogP contribution in [0.3, 0.4) is 0 Å². The van der Waals surface area contributed by atoms with Crippen LogP contribution < -0.4 is 0 Å². The summed E-state index contributed by atoms with van der Waals surface area (Å²) in [5, 5.41) is 14.6. The molecule has 1 aromatic carbocycles. The number of aliphatic hydroxyl groups is 1. The number of aryl methyl sites for hydroxylation is 1. The van der Waals surface area contributed by atoms with E-state index in [2.05, 4.69) is 10.1 Å². The standard InChI is InChI=1S/C12H12ClN3O/c13-9-3-1-2-8(6-9)12-14-11-5-4-10(17)7-16(11)15-12/h1-3,6,10,17H,4-5,7H2. The first-order valence-electron chi connectivity index (χ1n) is 5.60. The largest absolute Gasteiger partial charge is 0.391 e. The summed E-state index contributed by atoms with van der Waals surface area (Å²) in [4.78, 5) is 4.48. The Morgan fingerprint density at radius 2 is 2.29 bits per heavy atom. The van der Waals surface area contributed by atoms with Crippen molar-refractivity contribution in [3.05, 3.63) is 35.1 Å². The Balaban J connectivity index is 2.00. The normalized spacial score (nSPS) is 19.1. The van der Waals surface area contributed by atoms with Gasteiger partial charge in [0.15, 0.2) is 5.82 Å². The molecular weight excluding hydrogens is 238 g/mol. The van der Waals surface area contributed by atoms with Gasteiger partial charge in [-0.15, -0.1) is 0 Å². The minimum atomic E-state index is -0.309. The molecule has 1 aliphatic rings. The summed E-state index contributed by atoms with van der Waals surface area (Å²) in [6.07, 6.45) is 1.22. The molecule has 4 nitrogen and oxygen atoms in total. The van der Waals surface area contributed by atoms with Crippen LogP contribution in [0.1, 0.15) is 12.2 Å². The Morgan fingerprint density at radius 3 is 3.12 bits per heavy atom. The second-order valence-electron chi connectivity index (χ2n) is 4.24. The number of hydrogen-bond donors (Lipinski definition) is 1. The fourth-order valence-electron chi connectivity index (χ4n) is 2.04. The molecule has 2 aromatic rings. The molecule has 5 heteroatoms. The third-order valence-corrected chi connectivity index (χ3v) is 3.15. The van der Waals surface area contributed by atoms with Crippen LogP contribution in [0, 0.1) is 0 Å². The van der Waals surface area contributed by atoms with Crippen LogP contribution in [0.2, 0.25) is 5.02 Å². The quantitative estimate of drug-likeness (QED) is 0.840. The summed E-state index contributed by atoms with van der Waals surface area (Å²) in [6, 6.07) is 7.49. The molecule has 0 bridgehead atoms. The molecule has 0 amide bonds. The van der Waals surface area contributed by atoms with E-state index in [0.717, 1.165) is 24.2 Å². The van der Waals surface area contributed by atoms with Crippen LogP contribution in [-0.4, -0.2) is 26.0 Å². The van der Waals surface area contributed by atoms with E-state index >= 15 is 0 Å². The summed E-state index contributed by atoms with van der Waals surface area (Å²) in [5.41, 5.74) is 0.911. The highest BCUT2D eigenvalue weighted by atomic mass is 35.5. The van der Waals surface area contributed by atoms with E-state index in [-0.39, 0.29) is 6.10 Å². The smallest absolute Gasteiger partial charge is 0.181 e. The molecule has 0 fully saturated rings. The molecule has 17 heavy (non-hydrogen) atoms. The van der Waals surface area contributed by atoms with Crippen molar-refractivity contribution in [3.63, 3.8) is 0 Å². The van der Waals surface area contributed by atoms with E-state index < -0.39 is 0 Å². The first-order valence-corrected chi connectivity index (χ1v) is 5.98. The monoisotopic (exact) mass is 249 g/mol. The first-order chi connectivity index (χ1) is 8.22. The predicted octanol–water partition coefficient (Wildman–Crippen LogP) is 1.91. The zero-order valence-corrected chi connectivity index (χ0v) is 9.93. The Hall–Kier alpha value is -1.39. The number of halogens is 1.